The molecule has 1 aromatic heterocycles. The molecule has 1 unspecified atom stereocenters. The second kappa shape index (κ2) is 10.5. The Hall–Kier alpha value is -3.41. The van der Waals surface area contributed by atoms with Gasteiger partial charge in [-0.15, -0.1) is 0 Å². The lowest BCUT2D eigenvalue weighted by Crippen LogP contribution is -2.28. The molecule has 1 atom stereocenters. The SMILES string of the molecule is CCOC(=O)c1c(P(=O)(OCC)c2cccc(C#N)c2)c2cc(Cl)ccc2n1S(=O)(=O)c1ccccc1. The summed E-state index contributed by atoms with van der Waals surface area (Å²) >= 11 is 6.30. The highest BCUT2D eigenvalue weighted by atomic mass is 35.5. The second-order valence-corrected chi connectivity index (χ2v) is 12.3. The van der Waals surface area contributed by atoms with Gasteiger partial charge in [-0.2, -0.15) is 5.26 Å². The van der Waals surface area contributed by atoms with Crippen molar-refractivity contribution in [2.24, 2.45) is 0 Å². The standard InChI is InChI=1S/C26H22ClN2O6PS/c1-3-34-26(30)24-25(36(31,35-4-2)20-10-8-9-18(15-20)17-28)22-16-19(27)13-14-23(22)29(24)37(32,33)21-11-6-5-7-12-21/h5-16H,3-4H2,1-2H3. The van der Waals surface area contributed by atoms with Crippen molar-refractivity contribution < 1.29 is 27.0 Å². The van der Waals surface area contributed by atoms with Gasteiger partial charge in [0.05, 0.1) is 40.6 Å². The quantitative estimate of drug-likeness (QED) is 0.225. The molecule has 4 aromatic rings. The van der Waals surface area contributed by atoms with Gasteiger partial charge in [0.1, 0.15) is 0 Å². The van der Waals surface area contributed by atoms with Crippen LogP contribution in [0.2, 0.25) is 5.02 Å². The Labute approximate surface area is 219 Å². The first-order valence-electron chi connectivity index (χ1n) is 11.3. The number of hydrogen-bond donors (Lipinski definition) is 0. The maximum absolute atomic E-state index is 14.8. The molecule has 0 fully saturated rings. The third kappa shape index (κ3) is 4.70. The predicted octanol–water partition coefficient (Wildman–Crippen LogP) is 4.85. The minimum absolute atomic E-state index is 0.0327. The average molecular weight is 557 g/mol. The van der Waals surface area contributed by atoms with E-state index in [1.54, 1.807) is 32.0 Å². The van der Waals surface area contributed by atoms with E-state index in [2.05, 4.69) is 0 Å². The van der Waals surface area contributed by atoms with Gasteiger partial charge >= 0.3 is 5.97 Å². The van der Waals surface area contributed by atoms with Gasteiger partial charge < -0.3 is 9.26 Å². The van der Waals surface area contributed by atoms with Crippen LogP contribution in [0, 0.1) is 11.3 Å². The molecule has 3 aromatic carbocycles. The molecule has 0 N–H and O–H groups in total. The summed E-state index contributed by atoms with van der Waals surface area (Å²) in [6.07, 6.45) is 0. The zero-order valence-corrected chi connectivity index (χ0v) is 22.4. The Morgan fingerprint density at radius 2 is 1.76 bits per heavy atom. The van der Waals surface area contributed by atoms with Gasteiger partial charge in [-0.1, -0.05) is 35.9 Å². The first-order chi connectivity index (χ1) is 17.7. The van der Waals surface area contributed by atoms with Crippen molar-refractivity contribution >= 4 is 56.5 Å². The zero-order chi connectivity index (χ0) is 26.8. The van der Waals surface area contributed by atoms with Crippen molar-refractivity contribution in [2.45, 2.75) is 18.7 Å². The van der Waals surface area contributed by atoms with E-state index in [0.29, 0.717) is 0 Å². The summed E-state index contributed by atoms with van der Waals surface area (Å²) in [7, 11) is -8.56. The van der Waals surface area contributed by atoms with E-state index in [1.165, 1.54) is 54.6 Å². The lowest BCUT2D eigenvalue weighted by molar-refractivity contribution is 0.0520. The predicted molar refractivity (Wildman–Crippen MR) is 142 cm³/mol. The Morgan fingerprint density at radius 3 is 2.41 bits per heavy atom. The smallest absolute Gasteiger partial charge is 0.356 e. The summed E-state index contributed by atoms with van der Waals surface area (Å²) in [5.74, 6) is -0.999. The molecule has 0 saturated heterocycles. The molecule has 11 heteroatoms. The summed E-state index contributed by atoms with van der Waals surface area (Å²) in [5, 5.41) is 9.76. The molecule has 37 heavy (non-hydrogen) atoms. The van der Waals surface area contributed by atoms with Crippen LogP contribution in [0.15, 0.2) is 77.7 Å². The van der Waals surface area contributed by atoms with Gasteiger partial charge in [-0.25, -0.2) is 17.2 Å². The first kappa shape index (κ1) is 26.6. The van der Waals surface area contributed by atoms with Gasteiger partial charge in [-0.05, 0) is 62.4 Å². The number of carbonyl (C=O) groups excluding carboxylic acids is 1. The highest BCUT2D eigenvalue weighted by Crippen LogP contribution is 2.49. The van der Waals surface area contributed by atoms with E-state index in [1.807, 2.05) is 6.07 Å². The highest BCUT2D eigenvalue weighted by Gasteiger charge is 2.42. The molecule has 0 aliphatic heterocycles. The van der Waals surface area contributed by atoms with E-state index in [4.69, 9.17) is 20.9 Å². The average Bonchev–Trinajstić information content (AvgIpc) is 3.25. The minimum Gasteiger partial charge on any atom is -0.461 e. The summed E-state index contributed by atoms with van der Waals surface area (Å²) in [6, 6.07) is 19.9. The molecular weight excluding hydrogens is 535 g/mol. The summed E-state index contributed by atoms with van der Waals surface area (Å²) < 4.78 is 54.7. The van der Waals surface area contributed by atoms with Crippen LogP contribution in [0.1, 0.15) is 29.9 Å². The molecule has 0 bridgehead atoms. The van der Waals surface area contributed by atoms with Crippen molar-refractivity contribution in [2.75, 3.05) is 13.2 Å². The molecule has 0 amide bonds. The van der Waals surface area contributed by atoms with Crippen molar-refractivity contribution in [3.05, 3.63) is 89.1 Å². The lowest BCUT2D eigenvalue weighted by atomic mass is 10.2. The maximum Gasteiger partial charge on any atom is 0.356 e. The fourth-order valence-corrected chi connectivity index (χ4v) is 8.29. The fourth-order valence-electron chi connectivity index (χ4n) is 4.05. The Bertz CT molecular complexity index is 1690. The number of aromatic nitrogens is 1. The Kier molecular flexibility index (Phi) is 7.58. The van der Waals surface area contributed by atoms with Crippen molar-refractivity contribution in [1.82, 2.24) is 3.97 Å². The van der Waals surface area contributed by atoms with E-state index >= 15 is 0 Å². The van der Waals surface area contributed by atoms with Crippen molar-refractivity contribution in [1.29, 1.82) is 5.26 Å². The van der Waals surface area contributed by atoms with Crippen LogP contribution >= 0.6 is 19.0 Å². The number of fused-ring (bicyclic) bond motifs is 1. The third-order valence-electron chi connectivity index (χ3n) is 5.53. The lowest BCUT2D eigenvalue weighted by Gasteiger charge is -2.20. The molecule has 0 aliphatic carbocycles. The van der Waals surface area contributed by atoms with Crippen molar-refractivity contribution in [3.8, 4) is 6.07 Å². The summed E-state index contributed by atoms with van der Waals surface area (Å²) in [5.41, 5.74) is -0.168. The number of benzene rings is 3. The van der Waals surface area contributed by atoms with Gasteiger partial charge in [0.2, 0.25) is 0 Å². The fraction of sp³-hybridized carbons (Fsp3) is 0.154. The number of rotatable bonds is 8. The monoisotopic (exact) mass is 556 g/mol. The topological polar surface area (TPSA) is 115 Å². The number of halogens is 1. The third-order valence-corrected chi connectivity index (χ3v) is 10.1. The van der Waals surface area contributed by atoms with Crippen LogP contribution in [-0.4, -0.2) is 31.6 Å². The molecule has 190 valence electrons. The Morgan fingerprint density at radius 1 is 1.03 bits per heavy atom. The van der Waals surface area contributed by atoms with Crippen LogP contribution in [-0.2, 0) is 23.8 Å². The number of esters is 1. The molecular formula is C26H22ClN2O6PS. The maximum atomic E-state index is 14.8. The molecule has 0 spiro atoms. The molecule has 8 nitrogen and oxygen atoms in total. The molecule has 0 radical (unpaired) electrons. The van der Waals surface area contributed by atoms with Crippen LogP contribution in [0.3, 0.4) is 0 Å². The van der Waals surface area contributed by atoms with Gasteiger partial charge in [0.15, 0.2) is 5.69 Å². The molecule has 1 heterocycles. The van der Waals surface area contributed by atoms with E-state index in [0.717, 1.165) is 3.97 Å². The number of carbonyl (C=O) groups is 1. The normalized spacial score (nSPS) is 13.1. The number of nitriles is 1. The number of hydrogen-bond acceptors (Lipinski definition) is 7. The van der Waals surface area contributed by atoms with Gasteiger partial charge in [0, 0.05) is 15.7 Å². The van der Waals surface area contributed by atoms with E-state index in [-0.39, 0.29) is 50.2 Å². The van der Waals surface area contributed by atoms with E-state index in [9.17, 15) is 23.0 Å². The van der Waals surface area contributed by atoms with Crippen LogP contribution < -0.4 is 10.6 Å². The summed E-state index contributed by atoms with van der Waals surface area (Å²) in [6.45, 7) is 3.10. The molecule has 4 rings (SSSR count). The molecule has 0 aliphatic rings. The number of ether oxygens (including phenoxy) is 1. The van der Waals surface area contributed by atoms with Gasteiger partial charge in [0.25, 0.3) is 17.4 Å². The molecule has 0 saturated carbocycles. The van der Waals surface area contributed by atoms with Crippen LogP contribution in [0.25, 0.3) is 10.9 Å². The van der Waals surface area contributed by atoms with E-state index < -0.39 is 29.1 Å². The second-order valence-electron chi connectivity index (χ2n) is 7.79. The zero-order valence-electron chi connectivity index (χ0n) is 19.9. The van der Waals surface area contributed by atoms with Crippen LogP contribution in [0.5, 0.6) is 0 Å². The first-order valence-corrected chi connectivity index (χ1v) is 14.7. The minimum atomic E-state index is -4.38. The number of nitrogens with zero attached hydrogens (tertiary/aromatic N) is 2. The largest absolute Gasteiger partial charge is 0.461 e. The summed E-state index contributed by atoms with van der Waals surface area (Å²) in [4.78, 5) is 13.4. The van der Waals surface area contributed by atoms with Crippen molar-refractivity contribution in [3.63, 3.8) is 0 Å². The Balaban J connectivity index is 2.23. The van der Waals surface area contributed by atoms with Gasteiger partial charge in [-0.3, -0.25) is 4.57 Å². The van der Waals surface area contributed by atoms with Crippen LogP contribution in [0.4, 0.5) is 0 Å². The highest BCUT2D eigenvalue weighted by molar-refractivity contribution is 7.90.